The fourth-order valence-electron chi connectivity index (χ4n) is 2.44. The van der Waals surface area contributed by atoms with Gasteiger partial charge in [0.15, 0.2) is 5.82 Å². The van der Waals surface area contributed by atoms with Crippen molar-refractivity contribution in [2.75, 3.05) is 5.32 Å². The monoisotopic (exact) mass is 323 g/mol. The molecule has 6 nitrogen and oxygen atoms in total. The Kier molecular flexibility index (Phi) is 4.74. The first-order chi connectivity index (χ1) is 11.6. The van der Waals surface area contributed by atoms with Gasteiger partial charge in [-0.2, -0.15) is 10.2 Å². The summed E-state index contributed by atoms with van der Waals surface area (Å²) in [5, 5.41) is 11.6. The minimum Gasteiger partial charge on any atom is -0.309 e. The van der Waals surface area contributed by atoms with Crippen molar-refractivity contribution < 1.29 is 4.79 Å². The van der Waals surface area contributed by atoms with E-state index >= 15 is 0 Å². The summed E-state index contributed by atoms with van der Waals surface area (Å²) in [6.07, 6.45) is 3.95. The number of para-hydroxylation sites is 1. The summed E-state index contributed by atoms with van der Waals surface area (Å²) < 4.78 is 3.60. The molecular formula is C18H21N5O. The number of carbonyl (C=O) groups excluding carboxylic acids is 1. The molecule has 0 spiro atoms. The molecule has 1 aromatic carbocycles. The van der Waals surface area contributed by atoms with Gasteiger partial charge >= 0.3 is 0 Å². The molecule has 0 aliphatic rings. The second-order valence-corrected chi connectivity index (χ2v) is 6.13. The number of hydrogen-bond donors (Lipinski definition) is 1. The van der Waals surface area contributed by atoms with Crippen molar-refractivity contribution in [3.05, 3.63) is 60.6 Å². The molecule has 24 heavy (non-hydrogen) atoms. The molecule has 0 aliphatic carbocycles. The zero-order valence-electron chi connectivity index (χ0n) is 13.9. The van der Waals surface area contributed by atoms with E-state index in [0.29, 0.717) is 11.7 Å². The van der Waals surface area contributed by atoms with Gasteiger partial charge in [-0.25, -0.2) is 4.68 Å². The fourth-order valence-corrected chi connectivity index (χ4v) is 2.44. The van der Waals surface area contributed by atoms with Gasteiger partial charge < -0.3 is 5.32 Å². The minimum absolute atomic E-state index is 0.122. The van der Waals surface area contributed by atoms with E-state index in [4.69, 9.17) is 0 Å². The molecule has 3 rings (SSSR count). The average molecular weight is 323 g/mol. The topological polar surface area (TPSA) is 64.7 Å². The van der Waals surface area contributed by atoms with E-state index in [1.54, 1.807) is 4.68 Å². The number of benzene rings is 1. The van der Waals surface area contributed by atoms with E-state index in [1.807, 2.05) is 59.5 Å². The van der Waals surface area contributed by atoms with Crippen LogP contribution in [0.3, 0.4) is 0 Å². The Morgan fingerprint density at radius 2 is 1.88 bits per heavy atom. The molecule has 2 heterocycles. The summed E-state index contributed by atoms with van der Waals surface area (Å²) in [6.45, 7) is 5.09. The number of aromatic nitrogens is 4. The maximum atomic E-state index is 12.1. The third kappa shape index (κ3) is 4.10. The largest absolute Gasteiger partial charge is 0.309 e. The van der Waals surface area contributed by atoms with E-state index in [2.05, 4.69) is 29.4 Å². The van der Waals surface area contributed by atoms with Crippen LogP contribution in [0.4, 0.5) is 5.82 Å². The van der Waals surface area contributed by atoms with Crippen LogP contribution in [0.5, 0.6) is 0 Å². The van der Waals surface area contributed by atoms with Crippen LogP contribution >= 0.6 is 0 Å². The molecule has 0 aliphatic heterocycles. The molecule has 0 bridgehead atoms. The first-order valence-electron chi connectivity index (χ1n) is 8.03. The third-order valence-electron chi connectivity index (χ3n) is 3.47. The Labute approximate surface area is 141 Å². The van der Waals surface area contributed by atoms with Gasteiger partial charge in [-0.3, -0.25) is 9.48 Å². The Hall–Kier alpha value is -2.89. The van der Waals surface area contributed by atoms with E-state index in [1.165, 1.54) is 0 Å². The van der Waals surface area contributed by atoms with E-state index in [0.717, 1.165) is 17.9 Å². The molecule has 0 unspecified atom stereocenters. The van der Waals surface area contributed by atoms with Crippen LogP contribution in [0.2, 0.25) is 0 Å². The van der Waals surface area contributed by atoms with Crippen LogP contribution in [0, 0.1) is 5.92 Å². The number of nitrogens with zero attached hydrogens (tertiary/aromatic N) is 4. The van der Waals surface area contributed by atoms with Crippen LogP contribution in [-0.2, 0) is 17.8 Å². The molecule has 0 saturated carbocycles. The summed E-state index contributed by atoms with van der Waals surface area (Å²) in [6, 6.07) is 13.5. The number of anilines is 1. The van der Waals surface area contributed by atoms with Crippen molar-refractivity contribution in [2.45, 2.75) is 26.8 Å². The molecule has 0 fully saturated rings. The van der Waals surface area contributed by atoms with Crippen molar-refractivity contribution in [3.63, 3.8) is 0 Å². The number of amides is 1. The second kappa shape index (κ2) is 7.12. The van der Waals surface area contributed by atoms with Crippen molar-refractivity contribution in [2.24, 2.45) is 5.92 Å². The molecule has 3 aromatic rings. The first kappa shape index (κ1) is 16.0. The molecule has 0 radical (unpaired) electrons. The van der Waals surface area contributed by atoms with Crippen LogP contribution in [0.1, 0.15) is 19.5 Å². The van der Waals surface area contributed by atoms with Crippen molar-refractivity contribution >= 4 is 11.7 Å². The highest BCUT2D eigenvalue weighted by atomic mass is 16.1. The van der Waals surface area contributed by atoms with Gasteiger partial charge in [-0.1, -0.05) is 32.0 Å². The zero-order valence-corrected chi connectivity index (χ0v) is 13.9. The molecule has 0 atom stereocenters. The van der Waals surface area contributed by atoms with Gasteiger partial charge in [0.2, 0.25) is 5.91 Å². The van der Waals surface area contributed by atoms with Gasteiger partial charge in [0.05, 0.1) is 17.8 Å². The van der Waals surface area contributed by atoms with Gasteiger partial charge in [-0.15, -0.1) is 0 Å². The zero-order chi connectivity index (χ0) is 16.9. The van der Waals surface area contributed by atoms with Gasteiger partial charge in [0, 0.05) is 25.0 Å². The van der Waals surface area contributed by atoms with Gasteiger partial charge in [-0.05, 0) is 24.1 Å². The highest BCUT2D eigenvalue weighted by molar-refractivity contribution is 5.91. The molecular weight excluding hydrogens is 302 g/mol. The summed E-state index contributed by atoms with van der Waals surface area (Å²) >= 11 is 0. The Balaban J connectivity index is 1.59. The fraction of sp³-hybridized carbons (Fsp3) is 0.278. The number of carbonyl (C=O) groups is 1. The summed E-state index contributed by atoms with van der Waals surface area (Å²) in [4.78, 5) is 12.1. The van der Waals surface area contributed by atoms with Crippen LogP contribution in [0.25, 0.3) is 5.69 Å². The highest BCUT2D eigenvalue weighted by Gasteiger charge is 2.09. The molecule has 1 N–H and O–H groups in total. The molecule has 2 aromatic heterocycles. The Morgan fingerprint density at radius 3 is 2.62 bits per heavy atom. The Morgan fingerprint density at radius 1 is 1.08 bits per heavy atom. The predicted octanol–water partition coefficient (Wildman–Crippen LogP) is 2.91. The number of nitrogens with one attached hydrogen (secondary N) is 1. The first-order valence-corrected chi connectivity index (χ1v) is 8.03. The Bertz CT molecular complexity index is 804. The highest BCUT2D eigenvalue weighted by Crippen LogP contribution is 2.09. The summed E-state index contributed by atoms with van der Waals surface area (Å²) in [7, 11) is 0. The lowest BCUT2D eigenvalue weighted by Crippen LogP contribution is -2.16. The van der Waals surface area contributed by atoms with Crippen molar-refractivity contribution in [3.8, 4) is 5.69 Å². The predicted molar refractivity (Wildman–Crippen MR) is 93.0 cm³/mol. The SMILES string of the molecule is CC(C)Cn1ccc(NC(=O)Cc2ccn(-c3ccccc3)n2)n1. The van der Waals surface area contributed by atoms with Crippen LogP contribution in [0.15, 0.2) is 54.9 Å². The standard InChI is InChI=1S/C18H21N5O/c1-14(2)13-22-10-9-17(21-22)19-18(24)12-15-8-11-23(20-15)16-6-4-3-5-7-16/h3-11,14H,12-13H2,1-2H3,(H,19,21,24). The maximum Gasteiger partial charge on any atom is 0.231 e. The lowest BCUT2D eigenvalue weighted by molar-refractivity contribution is -0.115. The van der Waals surface area contributed by atoms with Crippen LogP contribution in [-0.4, -0.2) is 25.5 Å². The minimum atomic E-state index is -0.122. The average Bonchev–Trinajstić information content (AvgIpc) is 3.17. The molecule has 0 saturated heterocycles. The summed E-state index contributed by atoms with van der Waals surface area (Å²) in [5.74, 6) is 0.960. The molecule has 6 heteroatoms. The lowest BCUT2D eigenvalue weighted by atomic mass is 10.2. The number of rotatable bonds is 6. The number of hydrogen-bond acceptors (Lipinski definition) is 3. The molecule has 1 amide bonds. The molecule has 124 valence electrons. The smallest absolute Gasteiger partial charge is 0.231 e. The van der Waals surface area contributed by atoms with Crippen molar-refractivity contribution in [1.82, 2.24) is 19.6 Å². The van der Waals surface area contributed by atoms with Gasteiger partial charge in [0.25, 0.3) is 0 Å². The quantitative estimate of drug-likeness (QED) is 0.758. The van der Waals surface area contributed by atoms with Crippen LogP contribution < -0.4 is 5.32 Å². The van der Waals surface area contributed by atoms with E-state index < -0.39 is 0 Å². The van der Waals surface area contributed by atoms with Crippen molar-refractivity contribution in [1.29, 1.82) is 0 Å². The van der Waals surface area contributed by atoms with Gasteiger partial charge in [0.1, 0.15) is 0 Å². The normalized spacial score (nSPS) is 11.0. The van der Waals surface area contributed by atoms with E-state index in [9.17, 15) is 4.79 Å². The second-order valence-electron chi connectivity index (χ2n) is 6.13. The van der Waals surface area contributed by atoms with E-state index in [-0.39, 0.29) is 12.3 Å². The maximum absolute atomic E-state index is 12.1. The third-order valence-corrected chi connectivity index (χ3v) is 3.47. The summed E-state index contributed by atoms with van der Waals surface area (Å²) in [5.41, 5.74) is 1.69. The lowest BCUT2D eigenvalue weighted by Gasteiger charge is -2.04.